The van der Waals surface area contributed by atoms with Crippen LogP contribution in [0.4, 0.5) is 4.39 Å². The molecule has 20 heavy (non-hydrogen) atoms. The van der Waals surface area contributed by atoms with Crippen LogP contribution in [-0.2, 0) is 10.0 Å². The van der Waals surface area contributed by atoms with E-state index in [9.17, 15) is 17.9 Å². The molecule has 8 heteroatoms. The van der Waals surface area contributed by atoms with E-state index in [4.69, 9.17) is 16.0 Å². The lowest BCUT2D eigenvalue weighted by molar-refractivity contribution is 0.154. The van der Waals surface area contributed by atoms with Gasteiger partial charge < -0.3 is 9.52 Å². The summed E-state index contributed by atoms with van der Waals surface area (Å²) in [7, 11) is -4.11. The molecule has 1 aromatic heterocycles. The molecule has 1 unspecified atom stereocenters. The minimum atomic E-state index is -4.11. The van der Waals surface area contributed by atoms with Gasteiger partial charge in [-0.05, 0) is 24.3 Å². The summed E-state index contributed by atoms with van der Waals surface area (Å²) in [4.78, 5) is -0.573. The van der Waals surface area contributed by atoms with E-state index in [1.54, 1.807) is 6.07 Å². The van der Waals surface area contributed by atoms with Crippen LogP contribution in [0.5, 0.6) is 0 Å². The van der Waals surface area contributed by atoms with E-state index in [1.165, 1.54) is 24.5 Å². The highest BCUT2D eigenvalue weighted by Crippen LogP contribution is 2.22. The Morgan fingerprint density at radius 2 is 2.10 bits per heavy atom. The SMILES string of the molecule is O=S(=O)(NCC(O)c1ccco1)c1cccc(Cl)c1F. The van der Waals surface area contributed by atoms with E-state index in [-0.39, 0.29) is 17.3 Å². The molecule has 0 spiro atoms. The third-order valence-corrected chi connectivity index (χ3v) is 4.28. The molecule has 0 bridgehead atoms. The number of aliphatic hydroxyl groups excluding tert-OH is 1. The Morgan fingerprint density at radius 1 is 1.35 bits per heavy atom. The third-order valence-electron chi connectivity index (χ3n) is 2.54. The quantitative estimate of drug-likeness (QED) is 0.884. The lowest BCUT2D eigenvalue weighted by Gasteiger charge is -2.11. The summed E-state index contributed by atoms with van der Waals surface area (Å²) in [5.74, 6) is -0.826. The number of rotatable bonds is 5. The Labute approximate surface area is 120 Å². The number of hydrogen-bond donors (Lipinski definition) is 2. The van der Waals surface area contributed by atoms with Crippen molar-refractivity contribution in [2.75, 3.05) is 6.54 Å². The summed E-state index contributed by atoms with van der Waals surface area (Å²) in [6.45, 7) is -0.345. The number of furan rings is 1. The predicted molar refractivity (Wildman–Crippen MR) is 70.3 cm³/mol. The van der Waals surface area contributed by atoms with Crippen molar-refractivity contribution in [1.29, 1.82) is 0 Å². The summed E-state index contributed by atoms with van der Waals surface area (Å²) >= 11 is 5.53. The van der Waals surface area contributed by atoms with Crippen LogP contribution in [0.25, 0.3) is 0 Å². The Balaban J connectivity index is 2.14. The number of nitrogens with one attached hydrogen (secondary N) is 1. The zero-order chi connectivity index (χ0) is 14.8. The molecule has 2 aromatic rings. The summed E-state index contributed by atoms with van der Waals surface area (Å²) in [6.07, 6.45) is 0.186. The van der Waals surface area contributed by atoms with Gasteiger partial charge >= 0.3 is 0 Å². The van der Waals surface area contributed by atoms with Crippen LogP contribution < -0.4 is 4.72 Å². The molecule has 0 saturated carbocycles. The molecule has 0 saturated heterocycles. The number of benzene rings is 1. The van der Waals surface area contributed by atoms with E-state index < -0.39 is 26.8 Å². The maximum absolute atomic E-state index is 13.7. The Bertz CT molecular complexity index is 687. The molecule has 1 atom stereocenters. The van der Waals surface area contributed by atoms with Gasteiger partial charge in [0.05, 0.1) is 11.3 Å². The monoisotopic (exact) mass is 319 g/mol. The average Bonchev–Trinajstić information content (AvgIpc) is 2.93. The lowest BCUT2D eigenvalue weighted by atomic mass is 10.3. The van der Waals surface area contributed by atoms with Gasteiger partial charge in [0.1, 0.15) is 16.8 Å². The van der Waals surface area contributed by atoms with Crippen LogP contribution in [0.1, 0.15) is 11.9 Å². The molecule has 0 fully saturated rings. The van der Waals surface area contributed by atoms with Crippen molar-refractivity contribution in [3.63, 3.8) is 0 Å². The molecule has 1 aromatic carbocycles. The van der Waals surface area contributed by atoms with Crippen LogP contribution >= 0.6 is 11.6 Å². The maximum atomic E-state index is 13.7. The fraction of sp³-hybridized carbons (Fsp3) is 0.167. The number of hydrogen-bond acceptors (Lipinski definition) is 4. The predicted octanol–water partition coefficient (Wildman–Crippen LogP) is 2.08. The molecule has 2 N–H and O–H groups in total. The smallest absolute Gasteiger partial charge is 0.243 e. The van der Waals surface area contributed by atoms with Gasteiger partial charge in [0.25, 0.3) is 0 Å². The molecule has 0 amide bonds. The molecule has 5 nitrogen and oxygen atoms in total. The molecular weight excluding hydrogens is 309 g/mol. The van der Waals surface area contributed by atoms with Crippen molar-refractivity contribution in [2.45, 2.75) is 11.0 Å². The molecule has 0 aliphatic heterocycles. The highest BCUT2D eigenvalue weighted by molar-refractivity contribution is 7.89. The van der Waals surface area contributed by atoms with Crippen molar-refractivity contribution < 1.29 is 22.3 Å². The Morgan fingerprint density at radius 3 is 2.75 bits per heavy atom. The summed E-state index contributed by atoms with van der Waals surface area (Å²) in [5.41, 5.74) is 0. The Kier molecular flexibility index (Phi) is 4.44. The zero-order valence-corrected chi connectivity index (χ0v) is 11.7. The number of halogens is 2. The van der Waals surface area contributed by atoms with Gasteiger partial charge in [-0.25, -0.2) is 17.5 Å². The van der Waals surface area contributed by atoms with Gasteiger partial charge in [0.15, 0.2) is 5.82 Å². The first-order valence-electron chi connectivity index (χ1n) is 5.57. The highest BCUT2D eigenvalue weighted by atomic mass is 35.5. The number of aliphatic hydroxyl groups is 1. The second kappa shape index (κ2) is 5.92. The summed E-state index contributed by atoms with van der Waals surface area (Å²) < 4.78 is 44.5. The topological polar surface area (TPSA) is 79.5 Å². The van der Waals surface area contributed by atoms with Crippen molar-refractivity contribution in [3.05, 3.63) is 53.2 Å². The van der Waals surface area contributed by atoms with E-state index in [0.717, 1.165) is 6.07 Å². The zero-order valence-electron chi connectivity index (χ0n) is 10.1. The van der Waals surface area contributed by atoms with E-state index in [1.807, 2.05) is 0 Å². The van der Waals surface area contributed by atoms with Crippen LogP contribution in [0.2, 0.25) is 5.02 Å². The lowest BCUT2D eigenvalue weighted by Crippen LogP contribution is -2.29. The minimum Gasteiger partial charge on any atom is -0.467 e. The second-order valence-electron chi connectivity index (χ2n) is 3.94. The normalized spacial score (nSPS) is 13.3. The molecule has 0 aliphatic carbocycles. The van der Waals surface area contributed by atoms with E-state index in [2.05, 4.69) is 4.72 Å². The van der Waals surface area contributed by atoms with Crippen molar-refractivity contribution >= 4 is 21.6 Å². The molecule has 108 valence electrons. The van der Waals surface area contributed by atoms with Gasteiger partial charge in [-0.2, -0.15) is 0 Å². The van der Waals surface area contributed by atoms with Crippen molar-refractivity contribution in [3.8, 4) is 0 Å². The van der Waals surface area contributed by atoms with Crippen LogP contribution in [-0.4, -0.2) is 20.1 Å². The van der Waals surface area contributed by atoms with Crippen LogP contribution in [0.3, 0.4) is 0 Å². The Hall–Kier alpha value is -1.41. The third kappa shape index (κ3) is 3.18. The first-order chi connectivity index (χ1) is 9.42. The van der Waals surface area contributed by atoms with Crippen LogP contribution in [0, 0.1) is 5.82 Å². The van der Waals surface area contributed by atoms with Crippen molar-refractivity contribution in [2.24, 2.45) is 0 Å². The molecule has 0 radical (unpaired) electrons. The van der Waals surface area contributed by atoms with Crippen molar-refractivity contribution in [1.82, 2.24) is 4.72 Å². The summed E-state index contributed by atoms with van der Waals surface area (Å²) in [6, 6.07) is 6.71. The standard InChI is InChI=1S/C12H11ClFNO4S/c13-8-3-1-5-11(12(8)14)20(17,18)15-7-9(16)10-4-2-6-19-10/h1-6,9,15-16H,7H2. The fourth-order valence-corrected chi connectivity index (χ4v) is 2.91. The van der Waals surface area contributed by atoms with Gasteiger partial charge in [0.2, 0.25) is 10.0 Å². The average molecular weight is 320 g/mol. The molecule has 0 aliphatic rings. The fourth-order valence-electron chi connectivity index (χ4n) is 1.54. The van der Waals surface area contributed by atoms with E-state index >= 15 is 0 Å². The first-order valence-corrected chi connectivity index (χ1v) is 7.43. The molecule has 1 heterocycles. The van der Waals surface area contributed by atoms with E-state index in [0.29, 0.717) is 0 Å². The molecule has 2 rings (SSSR count). The first kappa shape index (κ1) is 15.0. The van der Waals surface area contributed by atoms with Gasteiger partial charge in [-0.3, -0.25) is 0 Å². The largest absolute Gasteiger partial charge is 0.467 e. The van der Waals surface area contributed by atoms with Crippen LogP contribution in [0.15, 0.2) is 45.9 Å². The number of sulfonamides is 1. The highest BCUT2D eigenvalue weighted by Gasteiger charge is 2.22. The maximum Gasteiger partial charge on any atom is 0.243 e. The minimum absolute atomic E-state index is 0.208. The summed E-state index contributed by atoms with van der Waals surface area (Å²) in [5, 5.41) is 9.41. The van der Waals surface area contributed by atoms with Gasteiger partial charge in [0, 0.05) is 6.54 Å². The van der Waals surface area contributed by atoms with Gasteiger partial charge in [-0.1, -0.05) is 17.7 Å². The second-order valence-corrected chi connectivity index (χ2v) is 6.08. The molecular formula is C12H11ClFNO4S. The van der Waals surface area contributed by atoms with Gasteiger partial charge in [-0.15, -0.1) is 0 Å².